The fourth-order valence-electron chi connectivity index (χ4n) is 3.88. The lowest BCUT2D eigenvalue weighted by molar-refractivity contribution is 0.208. The Kier molecular flexibility index (Phi) is 6.35. The van der Waals surface area contributed by atoms with Crippen LogP contribution in [-0.2, 0) is 6.54 Å². The number of aromatic nitrogens is 1. The van der Waals surface area contributed by atoms with Crippen molar-refractivity contribution in [2.45, 2.75) is 38.3 Å². The van der Waals surface area contributed by atoms with E-state index in [4.69, 9.17) is 15.2 Å². The summed E-state index contributed by atoms with van der Waals surface area (Å²) in [5.41, 5.74) is 8.61. The molecule has 27 heavy (non-hydrogen) atoms. The van der Waals surface area contributed by atoms with E-state index in [9.17, 15) is 0 Å². The molecule has 1 aromatic carbocycles. The highest BCUT2D eigenvalue weighted by Crippen LogP contribution is 2.37. The Labute approximate surface area is 161 Å². The molecule has 0 amide bonds. The Morgan fingerprint density at radius 3 is 2.56 bits per heavy atom. The van der Waals surface area contributed by atoms with Gasteiger partial charge >= 0.3 is 0 Å². The second kappa shape index (κ2) is 8.91. The molecule has 144 valence electrons. The van der Waals surface area contributed by atoms with Crippen molar-refractivity contribution in [3.05, 3.63) is 48.6 Å². The van der Waals surface area contributed by atoms with Gasteiger partial charge in [0.05, 0.1) is 19.9 Å². The van der Waals surface area contributed by atoms with Crippen LogP contribution < -0.4 is 15.2 Å². The van der Waals surface area contributed by atoms with Gasteiger partial charge in [-0.1, -0.05) is 25.0 Å². The summed E-state index contributed by atoms with van der Waals surface area (Å²) in [5, 5.41) is 0. The highest BCUT2D eigenvalue weighted by atomic mass is 16.5. The number of ether oxygens (including phenoxy) is 2. The minimum absolute atomic E-state index is 0.482. The molecule has 0 radical (unpaired) electrons. The Morgan fingerprint density at radius 1 is 1.19 bits per heavy atom. The van der Waals surface area contributed by atoms with E-state index in [1.807, 2.05) is 24.3 Å². The van der Waals surface area contributed by atoms with Gasteiger partial charge in [0, 0.05) is 30.3 Å². The van der Waals surface area contributed by atoms with Crippen molar-refractivity contribution in [1.29, 1.82) is 0 Å². The van der Waals surface area contributed by atoms with Crippen LogP contribution in [0.4, 0.5) is 5.82 Å². The molecule has 0 spiro atoms. The van der Waals surface area contributed by atoms with Crippen LogP contribution in [0.5, 0.6) is 11.5 Å². The number of methoxy groups -OCH3 is 2. The zero-order chi connectivity index (χ0) is 19.2. The fourth-order valence-corrected chi connectivity index (χ4v) is 3.88. The Balaban J connectivity index is 1.96. The predicted molar refractivity (Wildman–Crippen MR) is 110 cm³/mol. The van der Waals surface area contributed by atoms with Crippen molar-refractivity contribution in [2.75, 3.05) is 26.5 Å². The van der Waals surface area contributed by atoms with E-state index in [1.165, 1.54) is 25.7 Å². The number of hydrogen-bond donors (Lipinski definition) is 1. The smallest absolute Gasteiger partial charge is 0.128 e. The Bertz CT molecular complexity index is 785. The number of nitrogens with two attached hydrogens (primary N) is 1. The number of nitrogen functional groups attached to an aromatic ring is 1. The first-order chi connectivity index (χ1) is 13.2. The first-order valence-electron chi connectivity index (χ1n) is 9.49. The summed E-state index contributed by atoms with van der Waals surface area (Å²) in [6.45, 7) is 5.61. The van der Waals surface area contributed by atoms with Gasteiger partial charge in [0.1, 0.15) is 17.3 Å². The first-order valence-corrected chi connectivity index (χ1v) is 9.49. The summed E-state index contributed by atoms with van der Waals surface area (Å²) in [7, 11) is 3.38. The van der Waals surface area contributed by atoms with Gasteiger partial charge < -0.3 is 15.2 Å². The molecule has 2 N–H and O–H groups in total. The molecule has 1 fully saturated rings. The molecule has 1 aliphatic rings. The summed E-state index contributed by atoms with van der Waals surface area (Å²) in [6, 6.07) is 10.3. The molecule has 0 unspecified atom stereocenters. The van der Waals surface area contributed by atoms with Crippen LogP contribution in [0.3, 0.4) is 0 Å². The van der Waals surface area contributed by atoms with Gasteiger partial charge in [-0.05, 0) is 37.1 Å². The Morgan fingerprint density at radius 2 is 1.93 bits per heavy atom. The zero-order valence-electron chi connectivity index (χ0n) is 16.3. The standard InChI is InChI=1S/C22H29N3O2/c1-4-12-25(17-8-5-6-9-17)15-16-13-21(27-3)18(14-20(16)26-2)19-10-7-11-22(23)24-19/h4,7,10-11,13-14,17H,1,5-6,8-9,12,15H2,2-3H3,(H2,23,24). The number of hydrogen-bond acceptors (Lipinski definition) is 5. The highest BCUT2D eigenvalue weighted by molar-refractivity contribution is 5.71. The summed E-state index contributed by atoms with van der Waals surface area (Å²) in [4.78, 5) is 6.91. The van der Waals surface area contributed by atoms with Crippen molar-refractivity contribution < 1.29 is 9.47 Å². The van der Waals surface area contributed by atoms with Gasteiger partial charge in [-0.2, -0.15) is 0 Å². The SMILES string of the molecule is C=CCN(Cc1cc(OC)c(-c2cccc(N)n2)cc1OC)C1CCCC1. The minimum atomic E-state index is 0.482. The second-order valence-corrected chi connectivity index (χ2v) is 6.97. The highest BCUT2D eigenvalue weighted by Gasteiger charge is 2.23. The van der Waals surface area contributed by atoms with E-state index in [0.717, 1.165) is 41.4 Å². The molecular weight excluding hydrogens is 338 g/mol. The number of benzene rings is 1. The van der Waals surface area contributed by atoms with Crippen LogP contribution >= 0.6 is 0 Å². The molecule has 0 bridgehead atoms. The summed E-state index contributed by atoms with van der Waals surface area (Å²) in [6.07, 6.45) is 7.09. The van der Waals surface area contributed by atoms with Gasteiger partial charge in [-0.15, -0.1) is 6.58 Å². The van der Waals surface area contributed by atoms with Gasteiger partial charge in [-0.3, -0.25) is 4.90 Å². The van der Waals surface area contributed by atoms with Crippen molar-refractivity contribution in [3.8, 4) is 22.8 Å². The maximum atomic E-state index is 5.86. The van der Waals surface area contributed by atoms with Crippen LogP contribution in [0, 0.1) is 0 Å². The number of nitrogens with zero attached hydrogens (tertiary/aromatic N) is 2. The molecule has 0 saturated heterocycles. The van der Waals surface area contributed by atoms with E-state index < -0.39 is 0 Å². The lowest BCUT2D eigenvalue weighted by Crippen LogP contribution is -2.33. The van der Waals surface area contributed by atoms with E-state index in [0.29, 0.717) is 11.9 Å². The maximum Gasteiger partial charge on any atom is 0.128 e. The maximum absolute atomic E-state index is 5.86. The quantitative estimate of drug-likeness (QED) is 0.706. The predicted octanol–water partition coefficient (Wildman–Crippen LogP) is 4.28. The molecule has 1 aliphatic carbocycles. The summed E-state index contributed by atoms with van der Waals surface area (Å²) in [5.74, 6) is 2.09. The molecule has 0 atom stereocenters. The van der Waals surface area contributed by atoms with Crippen molar-refractivity contribution in [3.63, 3.8) is 0 Å². The molecular formula is C22H29N3O2. The van der Waals surface area contributed by atoms with E-state index in [1.54, 1.807) is 20.3 Å². The van der Waals surface area contributed by atoms with E-state index >= 15 is 0 Å². The molecule has 3 rings (SSSR count). The number of rotatable bonds is 8. The van der Waals surface area contributed by atoms with Gasteiger partial charge in [0.2, 0.25) is 0 Å². The van der Waals surface area contributed by atoms with Gasteiger partial charge in [0.25, 0.3) is 0 Å². The molecule has 2 aromatic rings. The average Bonchev–Trinajstić information content (AvgIpc) is 3.22. The first kappa shape index (κ1) is 19.2. The fraction of sp³-hybridized carbons (Fsp3) is 0.409. The van der Waals surface area contributed by atoms with Crippen LogP contribution in [-0.4, -0.2) is 36.7 Å². The number of pyridine rings is 1. The average molecular weight is 367 g/mol. The molecule has 1 heterocycles. The second-order valence-electron chi connectivity index (χ2n) is 6.97. The molecule has 5 heteroatoms. The van der Waals surface area contributed by atoms with Crippen molar-refractivity contribution in [1.82, 2.24) is 9.88 Å². The monoisotopic (exact) mass is 367 g/mol. The lowest BCUT2D eigenvalue weighted by atomic mass is 10.0. The van der Waals surface area contributed by atoms with Gasteiger partial charge in [-0.25, -0.2) is 4.98 Å². The third kappa shape index (κ3) is 4.42. The number of anilines is 1. The summed E-state index contributed by atoms with van der Waals surface area (Å²) >= 11 is 0. The van der Waals surface area contributed by atoms with Gasteiger partial charge in [0.15, 0.2) is 0 Å². The third-order valence-electron chi connectivity index (χ3n) is 5.23. The topological polar surface area (TPSA) is 60.6 Å². The van der Waals surface area contributed by atoms with Crippen LogP contribution in [0.15, 0.2) is 43.0 Å². The lowest BCUT2D eigenvalue weighted by Gasteiger charge is -2.28. The van der Waals surface area contributed by atoms with Crippen LogP contribution in [0.25, 0.3) is 11.3 Å². The van der Waals surface area contributed by atoms with E-state index in [2.05, 4.69) is 22.5 Å². The van der Waals surface area contributed by atoms with Crippen LogP contribution in [0.2, 0.25) is 0 Å². The zero-order valence-corrected chi connectivity index (χ0v) is 16.3. The minimum Gasteiger partial charge on any atom is -0.496 e. The third-order valence-corrected chi connectivity index (χ3v) is 5.23. The largest absolute Gasteiger partial charge is 0.496 e. The molecule has 1 saturated carbocycles. The normalized spacial score (nSPS) is 14.5. The van der Waals surface area contributed by atoms with Crippen LogP contribution in [0.1, 0.15) is 31.2 Å². The van der Waals surface area contributed by atoms with Crippen molar-refractivity contribution in [2.24, 2.45) is 0 Å². The van der Waals surface area contributed by atoms with Crippen molar-refractivity contribution >= 4 is 5.82 Å². The molecule has 0 aliphatic heterocycles. The summed E-state index contributed by atoms with van der Waals surface area (Å²) < 4.78 is 11.4. The Hall–Kier alpha value is -2.53. The molecule has 1 aromatic heterocycles. The molecule has 5 nitrogen and oxygen atoms in total. The van der Waals surface area contributed by atoms with E-state index in [-0.39, 0.29) is 0 Å².